The number of hydrogen-bond donors (Lipinski definition) is 1. The van der Waals surface area contributed by atoms with Crippen molar-refractivity contribution < 1.29 is 8.42 Å². The Hall–Kier alpha value is -0.870. The van der Waals surface area contributed by atoms with Gasteiger partial charge in [0.05, 0.1) is 5.75 Å². The van der Waals surface area contributed by atoms with Gasteiger partial charge in [-0.3, -0.25) is 0 Å². The zero-order valence-electron chi connectivity index (χ0n) is 10.7. The van der Waals surface area contributed by atoms with E-state index in [1.807, 2.05) is 25.2 Å². The van der Waals surface area contributed by atoms with E-state index in [0.29, 0.717) is 6.42 Å². The lowest BCUT2D eigenvalue weighted by atomic mass is 9.93. The molecule has 0 aliphatic carbocycles. The fourth-order valence-corrected chi connectivity index (χ4v) is 2.81. The van der Waals surface area contributed by atoms with Gasteiger partial charge in [0, 0.05) is 12.3 Å². The molecule has 0 bridgehead atoms. The Bertz CT molecular complexity index is 428. The van der Waals surface area contributed by atoms with Crippen LogP contribution in [-0.2, 0) is 9.84 Å². The normalized spacial score (nSPS) is 15.5. The molecule has 17 heavy (non-hydrogen) atoms. The van der Waals surface area contributed by atoms with E-state index in [2.05, 4.69) is 24.4 Å². The van der Waals surface area contributed by atoms with Gasteiger partial charge in [-0.25, -0.2) is 8.42 Å². The third-order valence-corrected chi connectivity index (χ3v) is 3.96. The summed E-state index contributed by atoms with van der Waals surface area (Å²) in [6, 6.07) is 10.3. The first-order chi connectivity index (χ1) is 7.94. The molecule has 0 aliphatic rings. The molecule has 0 spiro atoms. The van der Waals surface area contributed by atoms with Crippen molar-refractivity contribution in [2.75, 3.05) is 19.1 Å². The van der Waals surface area contributed by atoms with Crippen LogP contribution in [0.1, 0.15) is 24.9 Å². The maximum absolute atomic E-state index is 11.2. The van der Waals surface area contributed by atoms with Gasteiger partial charge in [-0.2, -0.15) is 0 Å². The highest BCUT2D eigenvalue weighted by molar-refractivity contribution is 7.90. The summed E-state index contributed by atoms with van der Waals surface area (Å²) >= 11 is 0. The predicted molar refractivity (Wildman–Crippen MR) is 71.7 cm³/mol. The van der Waals surface area contributed by atoms with Crippen LogP contribution in [0.5, 0.6) is 0 Å². The molecule has 0 amide bonds. The maximum atomic E-state index is 11.2. The second-order valence-electron chi connectivity index (χ2n) is 4.57. The van der Waals surface area contributed by atoms with Gasteiger partial charge in [-0.15, -0.1) is 0 Å². The molecule has 1 aromatic carbocycles. The summed E-state index contributed by atoms with van der Waals surface area (Å²) < 4.78 is 22.3. The fourth-order valence-electron chi connectivity index (χ4n) is 2.01. The minimum Gasteiger partial charge on any atom is -0.313 e. The molecule has 2 atom stereocenters. The summed E-state index contributed by atoms with van der Waals surface area (Å²) in [4.78, 5) is 0. The van der Waals surface area contributed by atoms with Crippen LogP contribution in [0.2, 0.25) is 0 Å². The van der Waals surface area contributed by atoms with Gasteiger partial charge in [0.15, 0.2) is 0 Å². The number of rotatable bonds is 6. The highest BCUT2D eigenvalue weighted by Gasteiger charge is 2.18. The Morgan fingerprint density at radius 1 is 1.24 bits per heavy atom. The van der Waals surface area contributed by atoms with Crippen molar-refractivity contribution in [1.82, 2.24) is 5.32 Å². The fraction of sp³-hybridized carbons (Fsp3) is 0.538. The summed E-state index contributed by atoms with van der Waals surface area (Å²) in [5.41, 5.74) is 1.20. The standard InChI is InChI=1S/C13H21NO2S/c1-11(9-10-17(3,15)16)13(14-2)12-7-5-4-6-8-12/h4-8,11,13-14H,9-10H2,1-3H3. The maximum Gasteiger partial charge on any atom is 0.147 e. The first-order valence-corrected chi connectivity index (χ1v) is 7.90. The van der Waals surface area contributed by atoms with E-state index < -0.39 is 9.84 Å². The van der Waals surface area contributed by atoms with Crippen molar-refractivity contribution >= 4 is 9.84 Å². The highest BCUT2D eigenvalue weighted by Crippen LogP contribution is 2.24. The molecule has 0 heterocycles. The van der Waals surface area contributed by atoms with E-state index in [9.17, 15) is 8.42 Å². The number of nitrogens with one attached hydrogen (secondary N) is 1. The Kier molecular flexibility index (Phi) is 5.15. The summed E-state index contributed by atoms with van der Waals surface area (Å²) in [6.07, 6.45) is 1.97. The Balaban J connectivity index is 2.68. The zero-order chi connectivity index (χ0) is 12.9. The molecule has 3 nitrogen and oxygen atoms in total. The van der Waals surface area contributed by atoms with E-state index in [1.54, 1.807) is 0 Å². The molecular formula is C13H21NO2S. The number of sulfone groups is 1. The van der Waals surface area contributed by atoms with E-state index in [1.165, 1.54) is 11.8 Å². The predicted octanol–water partition coefficient (Wildman–Crippen LogP) is 2.02. The van der Waals surface area contributed by atoms with Crippen molar-refractivity contribution in [2.24, 2.45) is 5.92 Å². The van der Waals surface area contributed by atoms with Crippen molar-refractivity contribution in [1.29, 1.82) is 0 Å². The molecular weight excluding hydrogens is 234 g/mol. The van der Waals surface area contributed by atoms with Crippen molar-refractivity contribution in [3.8, 4) is 0 Å². The summed E-state index contributed by atoms with van der Waals surface area (Å²) in [5, 5.41) is 3.26. The van der Waals surface area contributed by atoms with Gasteiger partial charge < -0.3 is 5.32 Å². The van der Waals surface area contributed by atoms with Crippen molar-refractivity contribution in [2.45, 2.75) is 19.4 Å². The molecule has 1 rings (SSSR count). The monoisotopic (exact) mass is 255 g/mol. The molecule has 0 saturated heterocycles. The lowest BCUT2D eigenvalue weighted by Gasteiger charge is -2.23. The van der Waals surface area contributed by atoms with Gasteiger partial charge in [-0.1, -0.05) is 37.3 Å². The van der Waals surface area contributed by atoms with Gasteiger partial charge in [-0.05, 0) is 24.9 Å². The molecule has 1 N–H and O–H groups in total. The van der Waals surface area contributed by atoms with Gasteiger partial charge in [0.1, 0.15) is 9.84 Å². The SMILES string of the molecule is CNC(c1ccccc1)C(C)CCS(C)(=O)=O. The largest absolute Gasteiger partial charge is 0.313 e. The van der Waals surface area contributed by atoms with Gasteiger partial charge in [0.25, 0.3) is 0 Å². The Labute approximate surface area is 104 Å². The lowest BCUT2D eigenvalue weighted by Crippen LogP contribution is -2.25. The van der Waals surface area contributed by atoms with Crippen LogP contribution in [0.4, 0.5) is 0 Å². The quantitative estimate of drug-likeness (QED) is 0.846. The van der Waals surface area contributed by atoms with E-state index in [-0.39, 0.29) is 17.7 Å². The van der Waals surface area contributed by atoms with E-state index >= 15 is 0 Å². The highest BCUT2D eigenvalue weighted by atomic mass is 32.2. The van der Waals surface area contributed by atoms with E-state index in [0.717, 1.165) is 0 Å². The number of benzene rings is 1. The molecule has 96 valence electrons. The molecule has 1 aromatic rings. The van der Waals surface area contributed by atoms with Crippen LogP contribution >= 0.6 is 0 Å². The minimum absolute atomic E-state index is 0.206. The summed E-state index contributed by atoms with van der Waals surface area (Å²) in [6.45, 7) is 2.08. The third kappa shape index (κ3) is 4.88. The lowest BCUT2D eigenvalue weighted by molar-refractivity contribution is 0.400. The average Bonchev–Trinajstić information content (AvgIpc) is 2.28. The Morgan fingerprint density at radius 3 is 2.29 bits per heavy atom. The van der Waals surface area contributed by atoms with Gasteiger partial charge in [0.2, 0.25) is 0 Å². The van der Waals surface area contributed by atoms with Crippen LogP contribution in [-0.4, -0.2) is 27.5 Å². The summed E-state index contributed by atoms with van der Waals surface area (Å²) in [5.74, 6) is 0.538. The van der Waals surface area contributed by atoms with Crippen LogP contribution < -0.4 is 5.32 Å². The second kappa shape index (κ2) is 6.17. The summed E-state index contributed by atoms with van der Waals surface area (Å²) in [7, 11) is -0.960. The van der Waals surface area contributed by atoms with Gasteiger partial charge >= 0.3 is 0 Å². The zero-order valence-corrected chi connectivity index (χ0v) is 11.5. The van der Waals surface area contributed by atoms with Crippen LogP contribution in [0.25, 0.3) is 0 Å². The topological polar surface area (TPSA) is 46.2 Å². The molecule has 0 fully saturated rings. The first kappa shape index (κ1) is 14.2. The minimum atomic E-state index is -2.87. The van der Waals surface area contributed by atoms with E-state index in [4.69, 9.17) is 0 Å². The van der Waals surface area contributed by atoms with Crippen molar-refractivity contribution in [3.63, 3.8) is 0 Å². The third-order valence-electron chi connectivity index (χ3n) is 2.98. The van der Waals surface area contributed by atoms with Crippen LogP contribution in [0.3, 0.4) is 0 Å². The molecule has 0 aliphatic heterocycles. The van der Waals surface area contributed by atoms with Crippen LogP contribution in [0.15, 0.2) is 30.3 Å². The molecule has 0 aromatic heterocycles. The second-order valence-corrected chi connectivity index (χ2v) is 6.83. The smallest absolute Gasteiger partial charge is 0.147 e. The van der Waals surface area contributed by atoms with Crippen LogP contribution in [0, 0.1) is 5.92 Å². The molecule has 2 unspecified atom stereocenters. The Morgan fingerprint density at radius 2 is 1.82 bits per heavy atom. The molecule has 0 radical (unpaired) electrons. The first-order valence-electron chi connectivity index (χ1n) is 5.84. The average molecular weight is 255 g/mol. The molecule has 4 heteroatoms. The van der Waals surface area contributed by atoms with Crippen molar-refractivity contribution in [3.05, 3.63) is 35.9 Å². The molecule has 0 saturated carbocycles. The number of hydrogen-bond acceptors (Lipinski definition) is 3.